The summed E-state index contributed by atoms with van der Waals surface area (Å²) in [6.45, 7) is 4.10. The van der Waals surface area contributed by atoms with Gasteiger partial charge in [0.25, 0.3) is 0 Å². The molecule has 0 spiro atoms. The molecule has 3 N–H and O–H groups in total. The van der Waals surface area contributed by atoms with Crippen molar-refractivity contribution in [2.45, 2.75) is 19.6 Å². The molecule has 1 rings (SSSR count). The van der Waals surface area contributed by atoms with Gasteiger partial charge in [0.05, 0.1) is 12.6 Å². The van der Waals surface area contributed by atoms with Crippen LogP contribution in [0.3, 0.4) is 0 Å². The fourth-order valence-electron chi connectivity index (χ4n) is 1.32. The lowest BCUT2D eigenvalue weighted by Gasteiger charge is -2.17. The van der Waals surface area contributed by atoms with Gasteiger partial charge in [-0.15, -0.1) is 0 Å². The van der Waals surface area contributed by atoms with Crippen LogP contribution in [0.15, 0.2) is 12.3 Å². The molecule has 1 heterocycles. The average molecular weight is 198 g/mol. The van der Waals surface area contributed by atoms with E-state index in [0.717, 1.165) is 13.1 Å². The molecule has 1 unspecified atom stereocenters. The van der Waals surface area contributed by atoms with Crippen molar-refractivity contribution in [2.24, 2.45) is 0 Å². The number of hydrogen-bond acceptors (Lipinski definition) is 4. The lowest BCUT2D eigenvalue weighted by atomic mass is 10.4. The maximum Gasteiger partial charge on any atom is 0.145 e. The van der Waals surface area contributed by atoms with E-state index >= 15 is 0 Å². The number of nitrogen functional groups attached to an aromatic ring is 1. The highest BCUT2D eigenvalue weighted by Crippen LogP contribution is 1.96. The summed E-state index contributed by atoms with van der Waals surface area (Å²) in [5, 5.41) is 13.2. The maximum atomic E-state index is 9.14. The average Bonchev–Trinajstić information content (AvgIpc) is 2.47. The zero-order valence-electron chi connectivity index (χ0n) is 8.72. The molecule has 1 atom stereocenters. The smallest absolute Gasteiger partial charge is 0.145 e. The molecule has 0 fully saturated rings. The van der Waals surface area contributed by atoms with Crippen LogP contribution >= 0.6 is 0 Å². The van der Waals surface area contributed by atoms with Crippen molar-refractivity contribution >= 4 is 5.82 Å². The van der Waals surface area contributed by atoms with E-state index in [1.54, 1.807) is 17.7 Å². The van der Waals surface area contributed by atoms with Gasteiger partial charge in [-0.3, -0.25) is 4.68 Å². The second-order valence-electron chi connectivity index (χ2n) is 3.61. The molecular formula is C9H18N4O. The van der Waals surface area contributed by atoms with Crippen molar-refractivity contribution in [1.29, 1.82) is 0 Å². The predicted molar refractivity (Wildman–Crippen MR) is 55.8 cm³/mol. The van der Waals surface area contributed by atoms with Gasteiger partial charge in [-0.25, -0.2) is 0 Å². The van der Waals surface area contributed by atoms with Crippen LogP contribution in [0.2, 0.25) is 0 Å². The van der Waals surface area contributed by atoms with Gasteiger partial charge in [0.1, 0.15) is 5.82 Å². The largest absolute Gasteiger partial charge is 0.392 e. The highest BCUT2D eigenvalue weighted by atomic mass is 16.3. The molecule has 0 amide bonds. The first-order chi connectivity index (χ1) is 6.58. The summed E-state index contributed by atoms with van der Waals surface area (Å²) in [6, 6.07) is 1.77. The third-order valence-electron chi connectivity index (χ3n) is 1.95. The molecule has 80 valence electrons. The minimum atomic E-state index is -0.289. The molecule has 14 heavy (non-hydrogen) atoms. The molecule has 0 aromatic carbocycles. The van der Waals surface area contributed by atoms with Gasteiger partial charge in [-0.2, -0.15) is 5.10 Å². The predicted octanol–water partition coefficient (Wildman–Crippen LogP) is -0.222. The Kier molecular flexibility index (Phi) is 3.91. The summed E-state index contributed by atoms with van der Waals surface area (Å²) >= 11 is 0. The normalized spacial score (nSPS) is 13.4. The van der Waals surface area contributed by atoms with Crippen molar-refractivity contribution < 1.29 is 5.11 Å². The van der Waals surface area contributed by atoms with Crippen molar-refractivity contribution in [3.05, 3.63) is 12.3 Å². The highest BCUT2D eigenvalue weighted by Gasteiger charge is 2.03. The Labute approximate surface area is 84.1 Å². The van der Waals surface area contributed by atoms with Gasteiger partial charge in [-0.05, 0) is 20.0 Å². The zero-order chi connectivity index (χ0) is 10.6. The summed E-state index contributed by atoms with van der Waals surface area (Å²) in [6.07, 6.45) is 1.56. The van der Waals surface area contributed by atoms with Crippen molar-refractivity contribution in [1.82, 2.24) is 14.7 Å². The number of anilines is 1. The van der Waals surface area contributed by atoms with E-state index in [9.17, 15) is 0 Å². The number of hydrogen-bond donors (Lipinski definition) is 2. The zero-order valence-corrected chi connectivity index (χ0v) is 8.72. The first-order valence-electron chi connectivity index (χ1n) is 4.73. The van der Waals surface area contributed by atoms with Gasteiger partial charge in [-0.1, -0.05) is 0 Å². The summed E-state index contributed by atoms with van der Waals surface area (Å²) in [5.41, 5.74) is 5.48. The minimum absolute atomic E-state index is 0.289. The molecule has 5 heteroatoms. The van der Waals surface area contributed by atoms with Crippen molar-refractivity contribution in [3.63, 3.8) is 0 Å². The monoisotopic (exact) mass is 198 g/mol. The van der Waals surface area contributed by atoms with Gasteiger partial charge in [0, 0.05) is 19.3 Å². The van der Waals surface area contributed by atoms with Crippen molar-refractivity contribution in [3.8, 4) is 0 Å². The van der Waals surface area contributed by atoms with Gasteiger partial charge < -0.3 is 15.7 Å². The molecule has 0 saturated heterocycles. The van der Waals surface area contributed by atoms with Gasteiger partial charge >= 0.3 is 0 Å². The lowest BCUT2D eigenvalue weighted by Crippen LogP contribution is -2.30. The SMILES string of the molecule is CC(O)CN(C)CCn1ccc(N)n1. The van der Waals surface area contributed by atoms with Gasteiger partial charge in [0.15, 0.2) is 0 Å². The molecule has 0 radical (unpaired) electrons. The molecule has 5 nitrogen and oxygen atoms in total. The number of aliphatic hydroxyl groups excluding tert-OH is 1. The first-order valence-corrected chi connectivity index (χ1v) is 4.73. The number of nitrogens with two attached hydrogens (primary N) is 1. The molecule has 1 aromatic heterocycles. The van der Waals surface area contributed by atoms with Gasteiger partial charge in [0.2, 0.25) is 0 Å². The van der Waals surface area contributed by atoms with Crippen LogP contribution in [-0.2, 0) is 6.54 Å². The van der Waals surface area contributed by atoms with Crippen LogP contribution in [0.25, 0.3) is 0 Å². The number of nitrogens with zero attached hydrogens (tertiary/aromatic N) is 3. The van der Waals surface area contributed by atoms with E-state index in [1.165, 1.54) is 0 Å². The summed E-state index contributed by atoms with van der Waals surface area (Å²) in [4.78, 5) is 2.06. The first kappa shape index (κ1) is 11.0. The van der Waals surface area contributed by atoms with Crippen molar-refractivity contribution in [2.75, 3.05) is 25.9 Å². The third-order valence-corrected chi connectivity index (χ3v) is 1.95. The molecule has 0 bridgehead atoms. The van der Waals surface area contributed by atoms with Crippen LogP contribution in [0.1, 0.15) is 6.92 Å². The number of aromatic nitrogens is 2. The Balaban J connectivity index is 2.26. The Morgan fingerprint density at radius 1 is 1.71 bits per heavy atom. The summed E-state index contributed by atoms with van der Waals surface area (Å²) in [7, 11) is 1.97. The standard InChI is InChI=1S/C9H18N4O/c1-8(14)7-12(2)5-6-13-4-3-9(10)11-13/h3-4,8,14H,5-7H2,1-2H3,(H2,10,11). The topological polar surface area (TPSA) is 67.3 Å². The summed E-state index contributed by atoms with van der Waals surface area (Å²) < 4.78 is 1.80. The Hall–Kier alpha value is -1.07. The fraction of sp³-hybridized carbons (Fsp3) is 0.667. The Bertz CT molecular complexity index is 272. The quantitative estimate of drug-likeness (QED) is 0.686. The van der Waals surface area contributed by atoms with E-state index in [2.05, 4.69) is 10.00 Å². The van der Waals surface area contributed by atoms with Crippen LogP contribution in [-0.4, -0.2) is 46.0 Å². The minimum Gasteiger partial charge on any atom is -0.392 e. The lowest BCUT2D eigenvalue weighted by molar-refractivity contribution is 0.139. The second kappa shape index (κ2) is 4.97. The molecule has 1 aromatic rings. The van der Waals surface area contributed by atoms with E-state index in [4.69, 9.17) is 10.8 Å². The molecule has 0 aliphatic carbocycles. The molecule has 0 saturated carbocycles. The number of likely N-dealkylation sites (N-methyl/N-ethyl adjacent to an activating group) is 1. The van der Waals surface area contributed by atoms with Crippen LogP contribution in [0, 0.1) is 0 Å². The number of rotatable bonds is 5. The fourth-order valence-corrected chi connectivity index (χ4v) is 1.32. The van der Waals surface area contributed by atoms with Crippen LogP contribution in [0.4, 0.5) is 5.82 Å². The van der Waals surface area contributed by atoms with E-state index < -0.39 is 0 Å². The Morgan fingerprint density at radius 3 is 2.93 bits per heavy atom. The second-order valence-corrected chi connectivity index (χ2v) is 3.61. The highest BCUT2D eigenvalue weighted by molar-refractivity contribution is 5.23. The summed E-state index contributed by atoms with van der Waals surface area (Å²) in [5.74, 6) is 0.545. The van der Waals surface area contributed by atoms with E-state index in [0.29, 0.717) is 12.4 Å². The third kappa shape index (κ3) is 3.76. The molecular weight excluding hydrogens is 180 g/mol. The van der Waals surface area contributed by atoms with E-state index in [1.807, 2.05) is 13.2 Å². The molecule has 0 aliphatic heterocycles. The van der Waals surface area contributed by atoms with Crippen LogP contribution in [0.5, 0.6) is 0 Å². The molecule has 0 aliphatic rings. The van der Waals surface area contributed by atoms with E-state index in [-0.39, 0.29) is 6.10 Å². The maximum absolute atomic E-state index is 9.14. The Morgan fingerprint density at radius 2 is 2.43 bits per heavy atom. The number of aliphatic hydroxyl groups is 1. The van der Waals surface area contributed by atoms with Crippen LogP contribution < -0.4 is 5.73 Å².